The molecule has 0 unspecified atom stereocenters. The standard InChI is InChI=1S/C15H15FN2OS/c16-14-4-2-1-3-13(14)11-20-10-9-18-15(19)12-5-7-17-8-6-12/h1-8H,9-11H2,(H,18,19). The summed E-state index contributed by atoms with van der Waals surface area (Å²) in [4.78, 5) is 15.6. The van der Waals surface area contributed by atoms with Crippen molar-refractivity contribution in [3.63, 3.8) is 0 Å². The third-order valence-electron chi connectivity index (χ3n) is 2.69. The number of benzene rings is 1. The second-order valence-electron chi connectivity index (χ2n) is 4.14. The number of pyridine rings is 1. The highest BCUT2D eigenvalue weighted by Crippen LogP contribution is 2.14. The molecular formula is C15H15FN2OS. The maximum atomic E-state index is 13.4. The smallest absolute Gasteiger partial charge is 0.251 e. The second-order valence-corrected chi connectivity index (χ2v) is 5.24. The SMILES string of the molecule is O=C(NCCSCc1ccccc1F)c1ccncc1. The zero-order valence-electron chi connectivity index (χ0n) is 10.9. The van der Waals surface area contributed by atoms with E-state index in [1.807, 2.05) is 6.07 Å². The van der Waals surface area contributed by atoms with Gasteiger partial charge in [-0.3, -0.25) is 9.78 Å². The topological polar surface area (TPSA) is 42.0 Å². The van der Waals surface area contributed by atoms with Gasteiger partial charge in [0, 0.05) is 36.0 Å². The highest BCUT2D eigenvalue weighted by molar-refractivity contribution is 7.98. The van der Waals surface area contributed by atoms with Crippen molar-refractivity contribution in [3.8, 4) is 0 Å². The minimum Gasteiger partial charge on any atom is -0.351 e. The van der Waals surface area contributed by atoms with Gasteiger partial charge in [0.2, 0.25) is 0 Å². The fraction of sp³-hybridized carbons (Fsp3) is 0.200. The molecule has 1 N–H and O–H groups in total. The van der Waals surface area contributed by atoms with Crippen LogP contribution < -0.4 is 5.32 Å². The largest absolute Gasteiger partial charge is 0.351 e. The minimum atomic E-state index is -0.180. The molecule has 0 spiro atoms. The molecule has 2 aromatic rings. The summed E-state index contributed by atoms with van der Waals surface area (Å²) in [7, 11) is 0. The van der Waals surface area contributed by atoms with E-state index >= 15 is 0 Å². The summed E-state index contributed by atoms with van der Waals surface area (Å²) in [6.07, 6.45) is 3.17. The Hall–Kier alpha value is -1.88. The van der Waals surface area contributed by atoms with Crippen LogP contribution in [0.5, 0.6) is 0 Å². The van der Waals surface area contributed by atoms with Crippen LogP contribution in [0, 0.1) is 5.82 Å². The maximum absolute atomic E-state index is 13.4. The van der Waals surface area contributed by atoms with Gasteiger partial charge in [0.15, 0.2) is 0 Å². The van der Waals surface area contributed by atoms with E-state index in [4.69, 9.17) is 0 Å². The lowest BCUT2D eigenvalue weighted by Gasteiger charge is -2.05. The molecule has 1 amide bonds. The van der Waals surface area contributed by atoms with Crippen LogP contribution >= 0.6 is 11.8 Å². The molecule has 0 bridgehead atoms. The lowest BCUT2D eigenvalue weighted by Crippen LogP contribution is -2.25. The number of nitrogens with zero attached hydrogens (tertiary/aromatic N) is 1. The van der Waals surface area contributed by atoms with E-state index in [1.165, 1.54) is 6.07 Å². The minimum absolute atomic E-state index is 0.112. The second kappa shape index (κ2) is 7.65. The van der Waals surface area contributed by atoms with Crippen molar-refractivity contribution in [1.82, 2.24) is 10.3 Å². The number of aromatic nitrogens is 1. The Labute approximate surface area is 121 Å². The molecule has 0 atom stereocenters. The van der Waals surface area contributed by atoms with Crippen LogP contribution in [-0.2, 0) is 5.75 Å². The van der Waals surface area contributed by atoms with Crippen molar-refractivity contribution in [2.45, 2.75) is 5.75 Å². The molecule has 1 heterocycles. The van der Waals surface area contributed by atoms with Gasteiger partial charge in [0.25, 0.3) is 5.91 Å². The van der Waals surface area contributed by atoms with Gasteiger partial charge in [-0.2, -0.15) is 11.8 Å². The summed E-state index contributed by atoms with van der Waals surface area (Å²) >= 11 is 1.59. The number of rotatable bonds is 6. The first-order valence-electron chi connectivity index (χ1n) is 6.27. The van der Waals surface area contributed by atoms with Crippen LogP contribution in [0.15, 0.2) is 48.8 Å². The first-order chi connectivity index (χ1) is 9.77. The van der Waals surface area contributed by atoms with Crippen molar-refractivity contribution >= 4 is 17.7 Å². The summed E-state index contributed by atoms with van der Waals surface area (Å²) in [6.45, 7) is 0.556. The fourth-order valence-electron chi connectivity index (χ4n) is 1.64. The van der Waals surface area contributed by atoms with Gasteiger partial charge in [0.1, 0.15) is 5.82 Å². The number of halogens is 1. The molecular weight excluding hydrogens is 275 g/mol. The summed E-state index contributed by atoms with van der Waals surface area (Å²) in [6, 6.07) is 10.1. The molecule has 1 aromatic carbocycles. The Morgan fingerprint density at radius 1 is 1.20 bits per heavy atom. The molecule has 0 saturated carbocycles. The number of hydrogen-bond donors (Lipinski definition) is 1. The number of thioether (sulfide) groups is 1. The summed E-state index contributed by atoms with van der Waals surface area (Å²) in [5, 5.41) is 2.82. The molecule has 0 aliphatic carbocycles. The maximum Gasteiger partial charge on any atom is 0.251 e. The van der Waals surface area contributed by atoms with E-state index in [9.17, 15) is 9.18 Å². The number of carbonyl (C=O) groups is 1. The third kappa shape index (κ3) is 4.35. The molecule has 0 saturated heterocycles. The molecule has 3 nitrogen and oxygen atoms in total. The third-order valence-corrected chi connectivity index (χ3v) is 3.70. The van der Waals surface area contributed by atoms with Crippen LogP contribution in [0.1, 0.15) is 15.9 Å². The van der Waals surface area contributed by atoms with Crippen molar-refractivity contribution < 1.29 is 9.18 Å². The Morgan fingerprint density at radius 3 is 2.70 bits per heavy atom. The molecule has 0 fully saturated rings. The zero-order valence-corrected chi connectivity index (χ0v) is 11.7. The van der Waals surface area contributed by atoms with Gasteiger partial charge >= 0.3 is 0 Å². The molecule has 2 rings (SSSR count). The highest BCUT2D eigenvalue weighted by Gasteiger charge is 2.04. The molecule has 0 aliphatic heterocycles. The van der Waals surface area contributed by atoms with Gasteiger partial charge < -0.3 is 5.32 Å². The number of hydrogen-bond acceptors (Lipinski definition) is 3. The summed E-state index contributed by atoms with van der Waals surface area (Å²) in [5.74, 6) is 1.06. The summed E-state index contributed by atoms with van der Waals surface area (Å²) < 4.78 is 13.4. The first kappa shape index (κ1) is 14.5. The van der Waals surface area contributed by atoms with Gasteiger partial charge in [-0.05, 0) is 23.8 Å². The Morgan fingerprint density at radius 2 is 1.95 bits per heavy atom. The number of nitrogens with one attached hydrogen (secondary N) is 1. The van der Waals surface area contributed by atoms with E-state index in [2.05, 4.69) is 10.3 Å². The van der Waals surface area contributed by atoms with Crippen molar-refractivity contribution in [2.75, 3.05) is 12.3 Å². The number of amides is 1. The average molecular weight is 290 g/mol. The number of carbonyl (C=O) groups excluding carboxylic acids is 1. The zero-order chi connectivity index (χ0) is 14.2. The van der Waals surface area contributed by atoms with Gasteiger partial charge in [0.05, 0.1) is 0 Å². The Kier molecular flexibility index (Phi) is 5.55. The van der Waals surface area contributed by atoms with Crippen molar-refractivity contribution in [2.24, 2.45) is 0 Å². The monoisotopic (exact) mass is 290 g/mol. The molecule has 0 radical (unpaired) electrons. The van der Waals surface area contributed by atoms with Crippen LogP contribution in [0.25, 0.3) is 0 Å². The predicted octanol–water partition coefficient (Wildman–Crippen LogP) is 2.88. The first-order valence-corrected chi connectivity index (χ1v) is 7.42. The van der Waals surface area contributed by atoms with Gasteiger partial charge in [-0.1, -0.05) is 18.2 Å². The lowest BCUT2D eigenvalue weighted by molar-refractivity contribution is 0.0956. The van der Waals surface area contributed by atoms with Crippen molar-refractivity contribution in [3.05, 3.63) is 65.7 Å². The quantitative estimate of drug-likeness (QED) is 0.832. The van der Waals surface area contributed by atoms with Crippen LogP contribution in [0.2, 0.25) is 0 Å². The van der Waals surface area contributed by atoms with Gasteiger partial charge in [-0.25, -0.2) is 4.39 Å². The fourth-order valence-corrected chi connectivity index (χ4v) is 2.48. The Balaban J connectivity index is 1.67. The van der Waals surface area contributed by atoms with Crippen molar-refractivity contribution in [1.29, 1.82) is 0 Å². The average Bonchev–Trinajstić information content (AvgIpc) is 2.49. The molecule has 104 valence electrons. The van der Waals surface area contributed by atoms with Crippen LogP contribution in [-0.4, -0.2) is 23.2 Å². The normalized spacial score (nSPS) is 10.2. The van der Waals surface area contributed by atoms with Crippen LogP contribution in [0.4, 0.5) is 4.39 Å². The van der Waals surface area contributed by atoms with Crippen LogP contribution in [0.3, 0.4) is 0 Å². The molecule has 1 aromatic heterocycles. The molecule has 5 heteroatoms. The molecule has 20 heavy (non-hydrogen) atoms. The van der Waals surface area contributed by atoms with E-state index in [0.29, 0.717) is 23.4 Å². The predicted molar refractivity (Wildman–Crippen MR) is 79.1 cm³/mol. The lowest BCUT2D eigenvalue weighted by atomic mass is 10.2. The highest BCUT2D eigenvalue weighted by atomic mass is 32.2. The van der Waals surface area contributed by atoms with Gasteiger partial charge in [-0.15, -0.1) is 0 Å². The van der Waals surface area contributed by atoms with E-state index in [0.717, 1.165) is 5.75 Å². The summed E-state index contributed by atoms with van der Waals surface area (Å²) in [5.41, 5.74) is 1.29. The molecule has 0 aliphatic rings. The van der Waals surface area contributed by atoms with E-state index in [1.54, 1.807) is 48.4 Å². The Bertz CT molecular complexity index is 563. The van der Waals surface area contributed by atoms with E-state index < -0.39 is 0 Å². The van der Waals surface area contributed by atoms with E-state index in [-0.39, 0.29) is 11.7 Å².